The van der Waals surface area contributed by atoms with Crippen molar-refractivity contribution in [1.29, 1.82) is 0 Å². The van der Waals surface area contributed by atoms with Crippen molar-refractivity contribution in [3.05, 3.63) is 28.5 Å². The SMILES string of the molecule is CCOC(=O)Cl.NNc1cc(C(=O)O)c(Cl)cc1F. The largest absolute Gasteiger partial charge is 0.478 e. The molecule has 1 rings (SSSR count). The number of hydrazine groups is 1. The Morgan fingerprint density at radius 1 is 1.53 bits per heavy atom. The number of ether oxygens (including phenoxy) is 1. The lowest BCUT2D eigenvalue weighted by molar-refractivity contribution is 0.0697. The molecule has 1 aromatic carbocycles. The van der Waals surface area contributed by atoms with Gasteiger partial charge in [0.25, 0.3) is 0 Å². The van der Waals surface area contributed by atoms with Crippen LogP contribution in [-0.2, 0) is 4.74 Å². The van der Waals surface area contributed by atoms with Crippen LogP contribution >= 0.6 is 23.2 Å². The molecule has 0 fully saturated rings. The molecule has 0 atom stereocenters. The van der Waals surface area contributed by atoms with Gasteiger partial charge in [-0.1, -0.05) is 11.6 Å². The number of anilines is 1. The van der Waals surface area contributed by atoms with Crippen LogP contribution in [0.3, 0.4) is 0 Å². The number of carbonyl (C=O) groups excluding carboxylic acids is 1. The van der Waals surface area contributed by atoms with Crippen LogP contribution in [0, 0.1) is 5.82 Å². The first-order chi connectivity index (χ1) is 8.83. The minimum atomic E-state index is -1.23. The standard InChI is InChI=1S/C7H6ClFN2O2.C3H5ClO2/c8-4-2-5(9)6(11-10)1-3(4)7(12)13;1-2-6-3(4)5/h1-2,11H,10H2,(H,12,13);2H2,1H3. The van der Waals surface area contributed by atoms with Crippen LogP contribution in [0.2, 0.25) is 5.02 Å². The second-order valence-electron chi connectivity index (χ2n) is 2.93. The van der Waals surface area contributed by atoms with E-state index in [4.69, 9.17) is 34.2 Å². The van der Waals surface area contributed by atoms with Crippen molar-refractivity contribution in [3.8, 4) is 0 Å². The molecular formula is C10H11Cl2FN2O4. The van der Waals surface area contributed by atoms with Gasteiger partial charge in [0, 0.05) is 11.6 Å². The lowest BCUT2D eigenvalue weighted by atomic mass is 10.2. The van der Waals surface area contributed by atoms with Gasteiger partial charge in [-0.15, -0.1) is 0 Å². The van der Waals surface area contributed by atoms with Crippen molar-refractivity contribution < 1.29 is 23.8 Å². The quantitative estimate of drug-likeness (QED) is 0.450. The number of nitrogens with two attached hydrogens (primary N) is 1. The van der Waals surface area contributed by atoms with Gasteiger partial charge in [0.2, 0.25) is 0 Å². The fourth-order valence-electron chi connectivity index (χ4n) is 0.937. The van der Waals surface area contributed by atoms with E-state index < -0.39 is 17.2 Å². The van der Waals surface area contributed by atoms with E-state index in [2.05, 4.69) is 4.74 Å². The van der Waals surface area contributed by atoms with Gasteiger partial charge in [-0.3, -0.25) is 5.84 Å². The highest BCUT2D eigenvalue weighted by Gasteiger charge is 2.12. The lowest BCUT2D eigenvalue weighted by Crippen LogP contribution is -2.10. The Kier molecular flexibility index (Phi) is 7.81. The summed E-state index contributed by atoms with van der Waals surface area (Å²) in [6.07, 6.45) is 0. The van der Waals surface area contributed by atoms with Gasteiger partial charge >= 0.3 is 11.4 Å². The maximum absolute atomic E-state index is 12.9. The molecule has 0 saturated carbocycles. The highest BCUT2D eigenvalue weighted by Crippen LogP contribution is 2.23. The maximum atomic E-state index is 12.9. The fraction of sp³-hybridized carbons (Fsp3) is 0.200. The van der Waals surface area contributed by atoms with Crippen molar-refractivity contribution in [2.75, 3.05) is 12.0 Å². The molecule has 0 heterocycles. The summed E-state index contributed by atoms with van der Waals surface area (Å²) < 4.78 is 17.0. The van der Waals surface area contributed by atoms with Crippen molar-refractivity contribution in [1.82, 2.24) is 0 Å². The number of hydrogen-bond acceptors (Lipinski definition) is 5. The average molecular weight is 313 g/mol. The summed E-state index contributed by atoms with van der Waals surface area (Å²) in [6.45, 7) is 2.04. The van der Waals surface area contributed by atoms with Gasteiger partial charge in [0.1, 0.15) is 5.82 Å². The lowest BCUT2D eigenvalue weighted by Gasteiger charge is -2.04. The highest BCUT2D eigenvalue weighted by molar-refractivity contribution is 6.61. The number of aromatic carboxylic acids is 1. The van der Waals surface area contributed by atoms with Gasteiger partial charge in [0.15, 0.2) is 0 Å². The van der Waals surface area contributed by atoms with Gasteiger partial charge < -0.3 is 15.3 Å². The van der Waals surface area contributed by atoms with Gasteiger partial charge in [0.05, 0.1) is 22.9 Å². The molecule has 0 aliphatic rings. The molecule has 0 unspecified atom stereocenters. The Balaban J connectivity index is 0.000000459. The van der Waals surface area contributed by atoms with Gasteiger partial charge in [-0.05, 0) is 19.1 Å². The minimum Gasteiger partial charge on any atom is -0.478 e. The second-order valence-corrected chi connectivity index (χ2v) is 3.65. The fourth-order valence-corrected chi connectivity index (χ4v) is 1.28. The second kappa shape index (κ2) is 8.52. The third kappa shape index (κ3) is 6.23. The minimum absolute atomic E-state index is 0.109. The Labute approximate surface area is 118 Å². The number of nitrogens with one attached hydrogen (secondary N) is 1. The molecular weight excluding hydrogens is 302 g/mol. The molecule has 19 heavy (non-hydrogen) atoms. The van der Waals surface area contributed by atoms with Crippen LogP contribution in [0.4, 0.5) is 14.9 Å². The van der Waals surface area contributed by atoms with Crippen LogP contribution in [0.5, 0.6) is 0 Å². The van der Waals surface area contributed by atoms with E-state index in [1.165, 1.54) is 0 Å². The first kappa shape index (κ1) is 17.4. The number of halogens is 3. The maximum Gasteiger partial charge on any atom is 0.403 e. The zero-order chi connectivity index (χ0) is 15.0. The van der Waals surface area contributed by atoms with E-state index in [-0.39, 0.29) is 16.3 Å². The van der Waals surface area contributed by atoms with Crippen molar-refractivity contribution in [3.63, 3.8) is 0 Å². The number of rotatable bonds is 3. The molecule has 0 bridgehead atoms. The van der Waals surface area contributed by atoms with Gasteiger partial charge in [-0.25, -0.2) is 14.0 Å². The first-order valence-electron chi connectivity index (χ1n) is 4.84. The van der Waals surface area contributed by atoms with Crippen LogP contribution in [-0.4, -0.2) is 23.1 Å². The van der Waals surface area contributed by atoms with Crippen LogP contribution in [0.1, 0.15) is 17.3 Å². The predicted octanol–water partition coefficient (Wildman–Crippen LogP) is 2.84. The zero-order valence-corrected chi connectivity index (χ0v) is 11.3. The van der Waals surface area contributed by atoms with E-state index in [0.717, 1.165) is 12.1 Å². The number of hydrogen-bond donors (Lipinski definition) is 3. The number of nitrogen functional groups attached to an aromatic ring is 1. The molecule has 106 valence electrons. The molecule has 0 aliphatic carbocycles. The van der Waals surface area contributed by atoms with E-state index in [9.17, 15) is 14.0 Å². The molecule has 0 aromatic heterocycles. The Morgan fingerprint density at radius 3 is 2.42 bits per heavy atom. The summed E-state index contributed by atoms with van der Waals surface area (Å²) in [5.74, 6) is 3.01. The molecule has 9 heteroatoms. The molecule has 0 amide bonds. The van der Waals surface area contributed by atoms with Crippen molar-refractivity contribution in [2.24, 2.45) is 5.84 Å². The van der Waals surface area contributed by atoms with Crippen LogP contribution in [0.15, 0.2) is 12.1 Å². The molecule has 4 N–H and O–H groups in total. The third-order valence-electron chi connectivity index (χ3n) is 1.70. The first-order valence-corrected chi connectivity index (χ1v) is 5.60. The normalized spacial score (nSPS) is 9.11. The highest BCUT2D eigenvalue weighted by atomic mass is 35.5. The smallest absolute Gasteiger partial charge is 0.403 e. The molecule has 0 radical (unpaired) electrons. The predicted molar refractivity (Wildman–Crippen MR) is 69.1 cm³/mol. The van der Waals surface area contributed by atoms with Crippen molar-refractivity contribution in [2.45, 2.75) is 6.92 Å². The molecule has 0 aliphatic heterocycles. The van der Waals surface area contributed by atoms with Crippen LogP contribution < -0.4 is 11.3 Å². The Hall–Kier alpha value is -1.57. The van der Waals surface area contributed by atoms with Crippen molar-refractivity contribution >= 4 is 40.3 Å². The van der Waals surface area contributed by atoms with E-state index in [1.54, 1.807) is 6.92 Å². The molecule has 6 nitrogen and oxygen atoms in total. The Bertz CT molecular complexity index is 471. The summed E-state index contributed by atoms with van der Waals surface area (Å²) in [5, 5.41) is 8.44. The third-order valence-corrected chi connectivity index (χ3v) is 2.12. The summed E-state index contributed by atoms with van der Waals surface area (Å²) in [4.78, 5) is 20.1. The Morgan fingerprint density at radius 2 is 2.11 bits per heavy atom. The zero-order valence-electron chi connectivity index (χ0n) is 9.75. The average Bonchev–Trinajstić information content (AvgIpc) is 2.29. The van der Waals surface area contributed by atoms with E-state index in [1.807, 2.05) is 5.43 Å². The summed E-state index contributed by atoms with van der Waals surface area (Å²) in [7, 11) is 0. The monoisotopic (exact) mass is 312 g/mol. The number of carboxylic acid groups (broad SMARTS) is 1. The summed E-state index contributed by atoms with van der Waals surface area (Å²) in [5.41, 5.74) is 0.975. The molecule has 1 aromatic rings. The topological polar surface area (TPSA) is 102 Å². The van der Waals surface area contributed by atoms with Gasteiger partial charge in [-0.2, -0.15) is 0 Å². The number of carbonyl (C=O) groups is 2. The van der Waals surface area contributed by atoms with E-state index >= 15 is 0 Å². The number of benzene rings is 1. The molecule has 0 spiro atoms. The van der Waals surface area contributed by atoms with E-state index in [0.29, 0.717) is 6.61 Å². The number of carboxylic acids is 1. The summed E-state index contributed by atoms with van der Waals surface area (Å²) >= 11 is 10.2. The summed E-state index contributed by atoms with van der Waals surface area (Å²) in [6, 6.07) is 1.92. The molecule has 0 saturated heterocycles. The van der Waals surface area contributed by atoms with Crippen LogP contribution in [0.25, 0.3) is 0 Å².